The van der Waals surface area contributed by atoms with E-state index in [1.165, 1.54) is 6.33 Å². The summed E-state index contributed by atoms with van der Waals surface area (Å²) in [6.45, 7) is 7.09. The number of likely N-dealkylation sites (tertiary alicyclic amines) is 1. The van der Waals surface area contributed by atoms with E-state index in [4.69, 9.17) is 20.2 Å². The second kappa shape index (κ2) is 9.80. The van der Waals surface area contributed by atoms with E-state index in [1.54, 1.807) is 11.0 Å². The molecule has 11 heteroatoms. The third-order valence-electron chi connectivity index (χ3n) is 6.67. The lowest BCUT2D eigenvalue weighted by Gasteiger charge is -2.36. The summed E-state index contributed by atoms with van der Waals surface area (Å²) in [5.74, 6) is -0.178. The van der Waals surface area contributed by atoms with Crippen LogP contribution < -0.4 is 11.1 Å². The fraction of sp³-hybridized carbons (Fsp3) is 0.444. The number of anilines is 1. The van der Waals surface area contributed by atoms with E-state index in [-0.39, 0.29) is 30.9 Å². The van der Waals surface area contributed by atoms with Crippen LogP contribution in [0.2, 0.25) is 0 Å². The summed E-state index contributed by atoms with van der Waals surface area (Å²) in [5, 5.41) is 13.9. The van der Waals surface area contributed by atoms with Gasteiger partial charge in [0.2, 0.25) is 0 Å². The van der Waals surface area contributed by atoms with Gasteiger partial charge in [-0.3, -0.25) is 4.79 Å². The summed E-state index contributed by atoms with van der Waals surface area (Å²) in [5.41, 5.74) is 7.15. The predicted octanol–water partition coefficient (Wildman–Crippen LogP) is 2.82. The van der Waals surface area contributed by atoms with Gasteiger partial charge in [-0.2, -0.15) is 0 Å². The van der Waals surface area contributed by atoms with Gasteiger partial charge in [-0.05, 0) is 45.2 Å². The molecule has 1 atom stereocenters. The summed E-state index contributed by atoms with van der Waals surface area (Å²) in [6.07, 6.45) is 2.63. The minimum Gasteiger partial charge on any atom is -0.444 e. The number of nitrogens with two attached hydrogens (primary N) is 1. The first-order valence-corrected chi connectivity index (χ1v) is 12.6. The molecule has 0 radical (unpaired) electrons. The van der Waals surface area contributed by atoms with Gasteiger partial charge in [0.1, 0.15) is 28.6 Å². The molecule has 0 bridgehead atoms. The Balaban J connectivity index is 1.45. The molecule has 1 aromatic carbocycles. The van der Waals surface area contributed by atoms with Crippen molar-refractivity contribution in [2.75, 3.05) is 31.6 Å². The standard InChI is InChI=1S/C27H32N6O5/c1-26(2,3)38-25(35)33-10-4-5-18(12-33)31-24-22-21(29-15-30-24)19(23(28)34)11-20(32-22)16-6-8-17(9-7-16)27(36)13-37-14-27/h6-9,11,15,18,36H,4-5,10,12-14H2,1-3H3,(H2,28,34)(H,29,30,31)/t18-/m0/s1. The van der Waals surface area contributed by atoms with Gasteiger partial charge < -0.3 is 30.5 Å². The maximum absolute atomic E-state index is 12.6. The Morgan fingerprint density at radius 1 is 1.18 bits per heavy atom. The van der Waals surface area contributed by atoms with Crippen molar-refractivity contribution >= 4 is 28.9 Å². The zero-order chi connectivity index (χ0) is 27.1. The lowest BCUT2D eigenvalue weighted by Crippen LogP contribution is -2.47. The molecule has 2 fully saturated rings. The number of aliphatic hydroxyl groups is 1. The number of nitrogens with one attached hydrogen (secondary N) is 1. The number of hydrogen-bond donors (Lipinski definition) is 3. The maximum Gasteiger partial charge on any atom is 0.410 e. The molecule has 2 saturated heterocycles. The quantitative estimate of drug-likeness (QED) is 0.461. The highest BCUT2D eigenvalue weighted by Crippen LogP contribution is 2.32. The van der Waals surface area contributed by atoms with Gasteiger partial charge in [-0.15, -0.1) is 0 Å². The average Bonchev–Trinajstić information content (AvgIpc) is 2.86. The van der Waals surface area contributed by atoms with Gasteiger partial charge >= 0.3 is 6.09 Å². The lowest BCUT2D eigenvalue weighted by atomic mass is 9.91. The SMILES string of the molecule is CC(C)(C)OC(=O)N1CCC[C@H](Nc2ncnc3c(C(N)=O)cc(-c4ccc(C5(O)COC5)cc4)nc23)C1. The first-order valence-electron chi connectivity index (χ1n) is 12.6. The van der Waals surface area contributed by atoms with Crippen molar-refractivity contribution in [1.29, 1.82) is 0 Å². The van der Waals surface area contributed by atoms with Crippen molar-refractivity contribution in [3.8, 4) is 11.3 Å². The Labute approximate surface area is 220 Å². The number of amides is 2. The number of pyridine rings is 1. The molecule has 0 unspecified atom stereocenters. The fourth-order valence-corrected chi connectivity index (χ4v) is 4.67. The maximum atomic E-state index is 12.6. The Morgan fingerprint density at radius 2 is 1.92 bits per heavy atom. The van der Waals surface area contributed by atoms with Gasteiger partial charge in [0.05, 0.1) is 24.5 Å². The number of benzene rings is 1. The minimum atomic E-state index is -0.980. The molecule has 5 rings (SSSR count). The molecular formula is C27H32N6O5. The Morgan fingerprint density at radius 3 is 2.55 bits per heavy atom. The average molecular weight is 521 g/mol. The molecule has 2 aliphatic rings. The summed E-state index contributed by atoms with van der Waals surface area (Å²) in [6, 6.07) is 8.83. The molecular weight excluding hydrogens is 488 g/mol. The van der Waals surface area contributed by atoms with Crippen molar-refractivity contribution in [3.63, 3.8) is 0 Å². The van der Waals surface area contributed by atoms with Crippen LogP contribution in [-0.2, 0) is 15.1 Å². The summed E-state index contributed by atoms with van der Waals surface area (Å²) in [7, 11) is 0. The molecule has 2 aliphatic heterocycles. The molecule has 0 spiro atoms. The van der Waals surface area contributed by atoms with Gasteiger partial charge in [-0.25, -0.2) is 19.7 Å². The van der Waals surface area contributed by atoms with E-state index < -0.39 is 17.1 Å². The summed E-state index contributed by atoms with van der Waals surface area (Å²) < 4.78 is 10.7. The van der Waals surface area contributed by atoms with Crippen molar-refractivity contribution in [2.24, 2.45) is 5.73 Å². The Bertz CT molecular complexity index is 1370. The van der Waals surface area contributed by atoms with Gasteiger partial charge in [0.15, 0.2) is 5.82 Å². The highest BCUT2D eigenvalue weighted by molar-refractivity contribution is 6.06. The first-order chi connectivity index (χ1) is 18.0. The second-order valence-electron chi connectivity index (χ2n) is 10.9. The van der Waals surface area contributed by atoms with Crippen LogP contribution in [0.1, 0.15) is 49.5 Å². The lowest BCUT2D eigenvalue weighted by molar-refractivity contribution is -0.184. The van der Waals surface area contributed by atoms with Gasteiger partial charge in [0, 0.05) is 24.7 Å². The van der Waals surface area contributed by atoms with Crippen LogP contribution in [0.5, 0.6) is 0 Å². The van der Waals surface area contributed by atoms with Crippen LogP contribution in [0.25, 0.3) is 22.3 Å². The van der Waals surface area contributed by atoms with E-state index >= 15 is 0 Å². The molecule has 2 amide bonds. The topological polar surface area (TPSA) is 153 Å². The van der Waals surface area contributed by atoms with Crippen molar-refractivity contribution < 1.29 is 24.2 Å². The smallest absolute Gasteiger partial charge is 0.410 e. The van der Waals surface area contributed by atoms with Crippen LogP contribution in [0.3, 0.4) is 0 Å². The van der Waals surface area contributed by atoms with Crippen LogP contribution in [0, 0.1) is 0 Å². The van der Waals surface area contributed by atoms with Crippen molar-refractivity contribution in [3.05, 3.63) is 47.8 Å². The molecule has 200 valence electrons. The number of nitrogens with zero attached hydrogens (tertiary/aromatic N) is 4. The van der Waals surface area contributed by atoms with E-state index in [0.717, 1.165) is 24.0 Å². The van der Waals surface area contributed by atoms with E-state index in [2.05, 4.69) is 15.3 Å². The third kappa shape index (κ3) is 5.25. The number of piperidine rings is 1. The van der Waals surface area contributed by atoms with Crippen LogP contribution >= 0.6 is 0 Å². The zero-order valence-corrected chi connectivity index (χ0v) is 21.7. The van der Waals surface area contributed by atoms with Gasteiger partial charge in [-0.1, -0.05) is 24.3 Å². The highest BCUT2D eigenvalue weighted by atomic mass is 16.6. The second-order valence-corrected chi connectivity index (χ2v) is 10.9. The highest BCUT2D eigenvalue weighted by Gasteiger charge is 2.37. The van der Waals surface area contributed by atoms with Gasteiger partial charge in [0.25, 0.3) is 5.91 Å². The molecule has 11 nitrogen and oxygen atoms in total. The summed E-state index contributed by atoms with van der Waals surface area (Å²) >= 11 is 0. The number of primary amides is 1. The number of carbonyl (C=O) groups excluding carboxylic acids is 2. The van der Waals surface area contributed by atoms with Crippen LogP contribution in [-0.4, -0.2) is 74.9 Å². The molecule has 0 saturated carbocycles. The number of ether oxygens (including phenoxy) is 2. The number of fused-ring (bicyclic) bond motifs is 1. The number of rotatable bonds is 5. The first kappa shape index (κ1) is 25.8. The van der Waals surface area contributed by atoms with E-state index in [1.807, 2.05) is 45.0 Å². The Kier molecular flexibility index (Phi) is 6.66. The molecule has 2 aromatic heterocycles. The van der Waals surface area contributed by atoms with Crippen molar-refractivity contribution in [2.45, 2.75) is 50.9 Å². The van der Waals surface area contributed by atoms with E-state index in [9.17, 15) is 14.7 Å². The number of aromatic nitrogens is 3. The molecule has 38 heavy (non-hydrogen) atoms. The minimum absolute atomic E-state index is 0.0958. The Hall–Kier alpha value is -3.83. The monoisotopic (exact) mass is 520 g/mol. The fourth-order valence-electron chi connectivity index (χ4n) is 4.67. The predicted molar refractivity (Wildman–Crippen MR) is 140 cm³/mol. The van der Waals surface area contributed by atoms with Crippen LogP contribution in [0.4, 0.5) is 10.6 Å². The number of hydrogen-bond acceptors (Lipinski definition) is 9. The third-order valence-corrected chi connectivity index (χ3v) is 6.67. The molecule has 3 aromatic rings. The number of carbonyl (C=O) groups is 2. The van der Waals surface area contributed by atoms with Crippen LogP contribution in [0.15, 0.2) is 36.7 Å². The molecule has 4 heterocycles. The zero-order valence-electron chi connectivity index (χ0n) is 21.7. The molecule has 0 aliphatic carbocycles. The van der Waals surface area contributed by atoms with Crippen molar-refractivity contribution in [1.82, 2.24) is 19.9 Å². The van der Waals surface area contributed by atoms with E-state index in [0.29, 0.717) is 35.6 Å². The normalized spacial score (nSPS) is 19.1. The largest absolute Gasteiger partial charge is 0.444 e. The summed E-state index contributed by atoms with van der Waals surface area (Å²) in [4.78, 5) is 40.2. The molecule has 4 N–H and O–H groups in total.